The molecule has 7 rings (SSSR count). The molecule has 4 nitrogen and oxygen atoms in total. The molecule has 0 fully saturated rings. The van der Waals surface area contributed by atoms with Crippen LogP contribution in [-0.2, 0) is 17.9 Å². The second-order valence-corrected chi connectivity index (χ2v) is 13.4. The monoisotopic (exact) mass is 562 g/mol. The van der Waals surface area contributed by atoms with Crippen LogP contribution in [0.5, 0.6) is 0 Å². The van der Waals surface area contributed by atoms with E-state index in [1.807, 2.05) is 18.2 Å². The Morgan fingerprint density at radius 2 is 1.51 bits per heavy atom. The third-order valence-corrected chi connectivity index (χ3v) is 9.70. The van der Waals surface area contributed by atoms with Crippen molar-refractivity contribution in [1.82, 2.24) is 4.98 Å². The second-order valence-electron chi connectivity index (χ2n) is 13.4. The molecule has 4 heteroatoms. The van der Waals surface area contributed by atoms with E-state index in [0.717, 1.165) is 73.9 Å². The molecule has 0 radical (unpaired) electrons. The lowest BCUT2D eigenvalue weighted by Crippen LogP contribution is -2.33. The molecule has 3 aromatic heterocycles. The highest BCUT2D eigenvalue weighted by molar-refractivity contribution is 6.15. The first-order chi connectivity index (χ1) is 20.6. The van der Waals surface area contributed by atoms with E-state index in [-0.39, 0.29) is 10.8 Å². The lowest BCUT2D eigenvalue weighted by atomic mass is 9.63. The van der Waals surface area contributed by atoms with Crippen LogP contribution < -0.4 is 4.57 Å². The Balaban J connectivity index is 1.63. The van der Waals surface area contributed by atoms with Gasteiger partial charge in [-0.3, -0.25) is 4.98 Å². The first kappa shape index (κ1) is 27.1. The van der Waals surface area contributed by atoms with E-state index in [2.05, 4.69) is 112 Å². The van der Waals surface area contributed by atoms with Gasteiger partial charge in [-0.1, -0.05) is 58.0 Å². The minimum absolute atomic E-state index is 0.0374. The summed E-state index contributed by atoms with van der Waals surface area (Å²) >= 11 is 0. The second kappa shape index (κ2) is 9.64. The van der Waals surface area contributed by atoms with Gasteiger partial charge >= 0.3 is 0 Å². The molecule has 43 heavy (non-hydrogen) atoms. The first-order valence-corrected chi connectivity index (χ1v) is 15.0. The van der Waals surface area contributed by atoms with E-state index in [0.29, 0.717) is 5.56 Å². The topological polar surface area (TPSA) is 53.7 Å². The molecule has 3 heterocycles. The van der Waals surface area contributed by atoms with Crippen molar-refractivity contribution in [2.45, 2.75) is 58.3 Å². The van der Waals surface area contributed by atoms with Crippen LogP contribution >= 0.6 is 0 Å². The third-order valence-electron chi connectivity index (χ3n) is 9.70. The van der Waals surface area contributed by atoms with Gasteiger partial charge < -0.3 is 4.42 Å². The molecule has 6 aromatic rings. The predicted octanol–water partition coefficient (Wildman–Crippen LogP) is 9.34. The minimum atomic E-state index is 0.0374. The normalized spacial score (nSPS) is 15.4. The lowest BCUT2D eigenvalue weighted by molar-refractivity contribution is -0.660. The summed E-state index contributed by atoms with van der Waals surface area (Å²) in [6.45, 7) is 11.5. The van der Waals surface area contributed by atoms with E-state index in [1.54, 1.807) is 12.4 Å². The Bertz CT molecular complexity index is 2110. The molecule has 0 bridgehead atoms. The average molecular weight is 563 g/mol. The van der Waals surface area contributed by atoms with Gasteiger partial charge in [0.25, 0.3) is 0 Å². The highest BCUT2D eigenvalue weighted by atomic mass is 16.3. The maximum atomic E-state index is 10.8. The van der Waals surface area contributed by atoms with Gasteiger partial charge in [-0.25, -0.2) is 4.57 Å². The Labute approximate surface area is 253 Å². The molecule has 0 saturated carbocycles. The predicted molar refractivity (Wildman–Crippen MR) is 174 cm³/mol. The molecule has 1 aliphatic rings. The molecule has 212 valence electrons. The van der Waals surface area contributed by atoms with E-state index in [9.17, 15) is 5.26 Å². The number of furan rings is 1. The van der Waals surface area contributed by atoms with Gasteiger partial charge in [0.1, 0.15) is 24.3 Å². The first-order valence-electron chi connectivity index (χ1n) is 15.0. The van der Waals surface area contributed by atoms with E-state index < -0.39 is 0 Å². The van der Waals surface area contributed by atoms with Crippen molar-refractivity contribution >= 4 is 21.9 Å². The largest absolute Gasteiger partial charge is 0.454 e. The van der Waals surface area contributed by atoms with Crippen molar-refractivity contribution in [3.63, 3.8) is 0 Å². The zero-order chi connectivity index (χ0) is 30.1. The third kappa shape index (κ3) is 4.18. The molecule has 0 unspecified atom stereocenters. The molecule has 0 atom stereocenters. The fourth-order valence-electron chi connectivity index (χ4n) is 7.07. The molecule has 1 aliphatic carbocycles. The van der Waals surface area contributed by atoms with Crippen molar-refractivity contribution in [2.75, 3.05) is 0 Å². The molecule has 0 N–H and O–H groups in total. The van der Waals surface area contributed by atoms with Crippen molar-refractivity contribution in [3.05, 3.63) is 108 Å². The maximum Gasteiger partial charge on any atom is 0.216 e. The van der Waals surface area contributed by atoms with Gasteiger partial charge in [0.05, 0.1) is 11.1 Å². The molecule has 0 amide bonds. The van der Waals surface area contributed by atoms with E-state index >= 15 is 0 Å². The van der Waals surface area contributed by atoms with Crippen molar-refractivity contribution < 1.29 is 8.98 Å². The number of aryl methyl sites for hydroxylation is 2. The van der Waals surface area contributed by atoms with E-state index in [4.69, 9.17) is 4.42 Å². The summed E-state index contributed by atoms with van der Waals surface area (Å²) in [5, 5.41) is 12.8. The standard InChI is InChI=1S/C39H36N3O/c1-24-10-12-27-29-22-28(25-14-18-41-19-15-25)30(23-40)35(37(29)43-36(27)34(24)33-9-7-8-20-42(33)6)26-11-13-31-32(21-26)39(4,5)17-16-38(31,2)3/h7-15,18-22H,16-17H2,1-6H3/q+1. The fraction of sp³-hybridized carbons (Fsp3) is 0.256. The van der Waals surface area contributed by atoms with Gasteiger partial charge in [0.2, 0.25) is 5.69 Å². The Kier molecular flexibility index (Phi) is 6.08. The number of nitriles is 1. The van der Waals surface area contributed by atoms with Gasteiger partial charge in [-0.2, -0.15) is 5.26 Å². The van der Waals surface area contributed by atoms with Crippen LogP contribution in [0.15, 0.2) is 89.7 Å². The zero-order valence-electron chi connectivity index (χ0n) is 25.7. The number of rotatable bonds is 3. The molecular formula is C39H36N3O+. The summed E-state index contributed by atoms with van der Waals surface area (Å²) in [7, 11) is 2.06. The summed E-state index contributed by atoms with van der Waals surface area (Å²) in [5.41, 5.74) is 12.1. The molecule has 0 spiro atoms. The van der Waals surface area contributed by atoms with Crippen LogP contribution in [0.2, 0.25) is 0 Å². The SMILES string of the molecule is Cc1ccc2c(oc3c(-c4ccc5c(c4)C(C)(C)CCC5(C)C)c(C#N)c(-c4ccncc4)cc32)c1-c1cccc[n+]1C. The Hall–Kier alpha value is -4.75. The zero-order valence-corrected chi connectivity index (χ0v) is 25.7. The van der Waals surface area contributed by atoms with Crippen molar-refractivity contribution in [3.8, 4) is 39.6 Å². The number of fused-ring (bicyclic) bond motifs is 4. The van der Waals surface area contributed by atoms with Crippen LogP contribution in [0, 0.1) is 18.3 Å². The summed E-state index contributed by atoms with van der Waals surface area (Å²) in [5.74, 6) is 0. The van der Waals surface area contributed by atoms with Gasteiger partial charge in [-0.15, -0.1) is 0 Å². The van der Waals surface area contributed by atoms with E-state index in [1.165, 1.54) is 11.1 Å². The van der Waals surface area contributed by atoms with Crippen LogP contribution in [0.3, 0.4) is 0 Å². The Morgan fingerprint density at radius 1 is 0.791 bits per heavy atom. The van der Waals surface area contributed by atoms with Crippen molar-refractivity contribution in [2.24, 2.45) is 7.05 Å². The van der Waals surface area contributed by atoms with Crippen molar-refractivity contribution in [1.29, 1.82) is 5.26 Å². The fourth-order valence-corrected chi connectivity index (χ4v) is 7.07. The number of benzene rings is 3. The van der Waals surface area contributed by atoms with Crippen LogP contribution in [0.4, 0.5) is 0 Å². The number of aromatic nitrogens is 2. The lowest BCUT2D eigenvalue weighted by Gasteiger charge is -2.42. The maximum absolute atomic E-state index is 10.8. The van der Waals surface area contributed by atoms with Gasteiger partial charge in [0, 0.05) is 46.4 Å². The van der Waals surface area contributed by atoms with Crippen LogP contribution in [0.1, 0.15) is 62.8 Å². The number of pyridine rings is 2. The van der Waals surface area contributed by atoms with Crippen LogP contribution in [-0.4, -0.2) is 4.98 Å². The minimum Gasteiger partial charge on any atom is -0.454 e. The molecule has 0 aliphatic heterocycles. The quantitative estimate of drug-likeness (QED) is 0.202. The summed E-state index contributed by atoms with van der Waals surface area (Å²) in [6, 6.07) is 26.1. The molecule has 0 saturated heterocycles. The summed E-state index contributed by atoms with van der Waals surface area (Å²) in [4.78, 5) is 4.25. The number of nitrogens with zero attached hydrogens (tertiary/aromatic N) is 3. The number of hydrogen-bond donors (Lipinski definition) is 0. The number of hydrogen-bond acceptors (Lipinski definition) is 3. The molecular weight excluding hydrogens is 526 g/mol. The highest BCUT2D eigenvalue weighted by Crippen LogP contribution is 2.49. The average Bonchev–Trinajstić information content (AvgIpc) is 3.37. The van der Waals surface area contributed by atoms with Gasteiger partial charge in [-0.05, 0) is 82.7 Å². The van der Waals surface area contributed by atoms with Crippen LogP contribution in [0.25, 0.3) is 55.4 Å². The Morgan fingerprint density at radius 3 is 2.23 bits per heavy atom. The summed E-state index contributed by atoms with van der Waals surface area (Å²) < 4.78 is 9.08. The summed E-state index contributed by atoms with van der Waals surface area (Å²) in [6.07, 6.45) is 7.91. The molecule has 3 aromatic carbocycles. The van der Waals surface area contributed by atoms with Gasteiger partial charge in [0.15, 0.2) is 6.20 Å². The smallest absolute Gasteiger partial charge is 0.216 e. The highest BCUT2D eigenvalue weighted by Gasteiger charge is 2.37.